The van der Waals surface area contributed by atoms with Gasteiger partial charge in [0.1, 0.15) is 5.60 Å². The normalized spacial score (nSPS) is 19.6. The van der Waals surface area contributed by atoms with Gasteiger partial charge < -0.3 is 13.3 Å². The topological polar surface area (TPSA) is 82.1 Å². The summed E-state index contributed by atoms with van der Waals surface area (Å²) in [7, 11) is -8.18. The van der Waals surface area contributed by atoms with E-state index in [2.05, 4.69) is 4.18 Å². The lowest BCUT2D eigenvalue weighted by Gasteiger charge is -2.41. The zero-order chi connectivity index (χ0) is 23.1. The molecule has 0 spiro atoms. The molecule has 7 nitrogen and oxygen atoms in total. The number of ether oxygens (including phenoxy) is 1. The van der Waals surface area contributed by atoms with Crippen LogP contribution in [0.3, 0.4) is 0 Å². The smallest absolute Gasteiger partial charge is 0.443 e. The molecule has 1 rings (SSSR count). The summed E-state index contributed by atoms with van der Waals surface area (Å²) in [5.41, 5.74) is -6.57. The molecule has 0 aromatic carbocycles. The molecule has 0 bridgehead atoms. The first-order chi connectivity index (χ1) is 12.7. The van der Waals surface area contributed by atoms with Crippen LogP contribution >= 0.6 is 0 Å². The monoisotopic (exact) mass is 461 g/mol. The summed E-state index contributed by atoms with van der Waals surface area (Å²) in [5, 5.41) is -0.135. The van der Waals surface area contributed by atoms with Gasteiger partial charge in [0.15, 0.2) is 8.32 Å². The van der Waals surface area contributed by atoms with Crippen molar-refractivity contribution < 1.29 is 39.7 Å². The Bertz CT molecular complexity index is 751. The quantitative estimate of drug-likeness (QED) is 0.342. The highest BCUT2D eigenvalue weighted by atomic mass is 32.2. The van der Waals surface area contributed by atoms with Gasteiger partial charge in [-0.1, -0.05) is 20.8 Å². The molecule has 0 aliphatic carbocycles. The van der Waals surface area contributed by atoms with Gasteiger partial charge in [-0.3, -0.25) is 0 Å². The zero-order valence-electron chi connectivity index (χ0n) is 18.0. The zero-order valence-corrected chi connectivity index (χ0v) is 19.8. The van der Waals surface area contributed by atoms with E-state index in [4.69, 9.17) is 9.16 Å². The highest BCUT2D eigenvalue weighted by molar-refractivity contribution is 7.87. The van der Waals surface area contributed by atoms with Crippen LogP contribution in [0.5, 0.6) is 0 Å². The minimum atomic E-state index is -5.93. The summed E-state index contributed by atoms with van der Waals surface area (Å²) in [5.74, 6) is -0.744. The van der Waals surface area contributed by atoms with E-state index < -0.39 is 47.6 Å². The van der Waals surface area contributed by atoms with Gasteiger partial charge in [-0.05, 0) is 51.4 Å². The molecule has 0 saturated carbocycles. The molecule has 0 aromatic rings. The Hall–Kier alpha value is -1.27. The van der Waals surface area contributed by atoms with Crippen LogP contribution in [0.1, 0.15) is 48.0 Å². The van der Waals surface area contributed by atoms with E-state index in [-0.39, 0.29) is 18.0 Å². The molecule has 1 atom stereocenters. The van der Waals surface area contributed by atoms with Crippen molar-refractivity contribution in [3.8, 4) is 0 Å². The van der Waals surface area contributed by atoms with Crippen molar-refractivity contribution in [1.82, 2.24) is 4.90 Å². The molecular formula is C17H30F3NO6SSi. The average molecular weight is 462 g/mol. The molecule has 1 aliphatic heterocycles. The maximum Gasteiger partial charge on any atom is 0.534 e. The lowest BCUT2D eigenvalue weighted by atomic mass is 10.2. The molecule has 1 aliphatic rings. The number of hydrogen-bond acceptors (Lipinski definition) is 6. The molecule has 170 valence electrons. The van der Waals surface area contributed by atoms with E-state index in [1.165, 1.54) is 0 Å². The van der Waals surface area contributed by atoms with Crippen molar-refractivity contribution in [3.63, 3.8) is 0 Å². The number of carbonyl (C=O) groups is 1. The van der Waals surface area contributed by atoms with Crippen molar-refractivity contribution in [2.45, 2.75) is 83.3 Å². The molecule has 29 heavy (non-hydrogen) atoms. The summed E-state index contributed by atoms with van der Waals surface area (Å²) in [4.78, 5) is 13.3. The molecular weight excluding hydrogens is 431 g/mol. The van der Waals surface area contributed by atoms with Crippen LogP contribution in [-0.4, -0.2) is 51.5 Å². The van der Waals surface area contributed by atoms with Gasteiger partial charge in [0.2, 0.25) is 5.88 Å². The number of carbonyl (C=O) groups excluding carboxylic acids is 1. The first-order valence-corrected chi connectivity index (χ1v) is 13.4. The Kier molecular flexibility index (Phi) is 7.20. The first kappa shape index (κ1) is 25.8. The van der Waals surface area contributed by atoms with Crippen molar-refractivity contribution >= 4 is 24.5 Å². The predicted octanol–water partition coefficient (Wildman–Crippen LogP) is 4.73. The molecule has 0 saturated heterocycles. The molecule has 0 N–H and O–H groups in total. The van der Waals surface area contributed by atoms with E-state index in [1.807, 2.05) is 33.9 Å². The molecule has 12 heteroatoms. The minimum Gasteiger partial charge on any atom is -0.443 e. The second-order valence-corrected chi connectivity index (χ2v) is 15.6. The fourth-order valence-electron chi connectivity index (χ4n) is 2.11. The number of nitrogens with zero attached hydrogens (tertiary/aromatic N) is 1. The Morgan fingerprint density at radius 1 is 1.14 bits per heavy atom. The Morgan fingerprint density at radius 3 is 2.07 bits per heavy atom. The summed E-state index contributed by atoms with van der Waals surface area (Å²) >= 11 is 0. The van der Waals surface area contributed by atoms with Gasteiger partial charge >= 0.3 is 21.7 Å². The van der Waals surface area contributed by atoms with E-state index in [1.54, 1.807) is 20.8 Å². The fraction of sp³-hybridized carbons (Fsp3) is 0.824. The summed E-state index contributed by atoms with van der Waals surface area (Å²) in [6.45, 7) is 14.6. The van der Waals surface area contributed by atoms with Crippen LogP contribution in [-0.2, 0) is 23.5 Å². The van der Waals surface area contributed by atoms with Gasteiger partial charge in [0.25, 0.3) is 0 Å². The van der Waals surface area contributed by atoms with Crippen molar-refractivity contribution in [2.75, 3.05) is 6.54 Å². The fourth-order valence-corrected chi connectivity index (χ4v) is 3.94. The Morgan fingerprint density at radius 2 is 1.66 bits per heavy atom. The maximum absolute atomic E-state index is 12.7. The van der Waals surface area contributed by atoms with Crippen LogP contribution in [0.4, 0.5) is 18.0 Å². The molecule has 0 fully saturated rings. The van der Waals surface area contributed by atoms with Crippen LogP contribution in [0.25, 0.3) is 0 Å². The van der Waals surface area contributed by atoms with Gasteiger partial charge in [0.05, 0.1) is 12.6 Å². The molecule has 0 aromatic heterocycles. The average Bonchev–Trinajstić information content (AvgIpc) is 2.44. The number of alkyl halides is 3. The van der Waals surface area contributed by atoms with E-state index >= 15 is 0 Å². The van der Waals surface area contributed by atoms with E-state index in [9.17, 15) is 26.4 Å². The maximum atomic E-state index is 12.7. The third-order valence-electron chi connectivity index (χ3n) is 4.57. The largest absolute Gasteiger partial charge is 0.534 e. The Labute approximate surface area is 171 Å². The third-order valence-corrected chi connectivity index (χ3v) is 10.1. The van der Waals surface area contributed by atoms with Crippen molar-refractivity contribution in [1.29, 1.82) is 0 Å². The lowest BCUT2D eigenvalue weighted by Crippen LogP contribution is -2.50. The van der Waals surface area contributed by atoms with Gasteiger partial charge in [0, 0.05) is 0 Å². The number of halogens is 3. The molecule has 1 heterocycles. The second kappa shape index (κ2) is 8.10. The molecule has 1 amide bonds. The van der Waals surface area contributed by atoms with Crippen LogP contribution in [0.15, 0.2) is 12.0 Å². The SMILES string of the molecule is CC(C)(C)OC(=O)N1CC(O[Si](C)(C)C(C)(C)C)CC=C1OS(=O)(=O)C(F)(F)F. The van der Waals surface area contributed by atoms with Gasteiger partial charge in [-0.15, -0.1) is 0 Å². The van der Waals surface area contributed by atoms with E-state index in [0.717, 1.165) is 11.0 Å². The Balaban J connectivity index is 3.19. The van der Waals surface area contributed by atoms with Gasteiger partial charge in [-0.25, -0.2) is 9.69 Å². The lowest BCUT2D eigenvalue weighted by molar-refractivity contribution is -0.0549. The third kappa shape index (κ3) is 6.88. The summed E-state index contributed by atoms with van der Waals surface area (Å²) < 4.78 is 76.7. The number of rotatable bonds is 4. The second-order valence-electron chi connectivity index (χ2n) is 9.35. The highest BCUT2D eigenvalue weighted by Crippen LogP contribution is 2.39. The van der Waals surface area contributed by atoms with Crippen LogP contribution in [0, 0.1) is 0 Å². The van der Waals surface area contributed by atoms with Gasteiger partial charge in [-0.2, -0.15) is 21.6 Å². The van der Waals surface area contributed by atoms with E-state index in [0.29, 0.717) is 0 Å². The van der Waals surface area contributed by atoms with Crippen molar-refractivity contribution in [3.05, 3.63) is 12.0 Å². The van der Waals surface area contributed by atoms with Crippen LogP contribution in [0.2, 0.25) is 18.1 Å². The van der Waals surface area contributed by atoms with Crippen molar-refractivity contribution in [2.24, 2.45) is 0 Å². The molecule has 0 radical (unpaired) electrons. The predicted molar refractivity (Wildman–Crippen MR) is 104 cm³/mol. The number of amides is 1. The first-order valence-electron chi connectivity index (χ1n) is 9.05. The van der Waals surface area contributed by atoms with Crippen LogP contribution < -0.4 is 0 Å². The standard InChI is InChI=1S/C17H30F3NO6SSi/c1-15(2,3)25-14(22)21-11-12(27-29(7,8)16(4,5)6)9-10-13(21)26-28(23,24)17(18,19)20/h10,12H,9,11H2,1-8H3. The summed E-state index contributed by atoms with van der Waals surface area (Å²) in [6.07, 6.45) is -0.364. The molecule has 1 unspecified atom stereocenters. The minimum absolute atomic E-state index is 0.0918. The summed E-state index contributed by atoms with van der Waals surface area (Å²) in [6, 6.07) is 0. The highest BCUT2D eigenvalue weighted by Gasteiger charge is 2.50. The number of hydrogen-bond donors (Lipinski definition) is 0.